The van der Waals surface area contributed by atoms with Gasteiger partial charge in [0.25, 0.3) is 0 Å². The van der Waals surface area contributed by atoms with Gasteiger partial charge in [-0.1, -0.05) is 17.7 Å². The van der Waals surface area contributed by atoms with E-state index < -0.39 is 0 Å². The van der Waals surface area contributed by atoms with E-state index in [4.69, 9.17) is 11.6 Å². The molecule has 3 rings (SSSR count). The Bertz CT molecular complexity index is 794. The number of nitrogens with one attached hydrogen (secondary N) is 1. The van der Waals surface area contributed by atoms with Crippen LogP contribution in [0.5, 0.6) is 0 Å². The molecule has 1 unspecified atom stereocenters. The number of aryl methyl sites for hydroxylation is 2. The fourth-order valence-corrected chi connectivity index (χ4v) is 2.85. The van der Waals surface area contributed by atoms with Crippen molar-refractivity contribution in [2.75, 3.05) is 5.32 Å². The van der Waals surface area contributed by atoms with Crippen molar-refractivity contribution in [3.63, 3.8) is 0 Å². The maximum atomic E-state index is 6.20. The monoisotopic (exact) mass is 300 g/mol. The Kier molecular flexibility index (Phi) is 3.55. The largest absolute Gasteiger partial charge is 0.377 e. The summed E-state index contributed by atoms with van der Waals surface area (Å²) in [6.07, 6.45) is 3.83. The molecular weight excluding hydrogens is 284 g/mol. The first-order valence-electron chi connectivity index (χ1n) is 6.85. The molecule has 0 bridgehead atoms. The lowest BCUT2D eigenvalue weighted by atomic mass is 10.1. The van der Waals surface area contributed by atoms with Crippen LogP contribution in [0.25, 0.3) is 10.9 Å². The molecule has 2 heterocycles. The lowest BCUT2D eigenvalue weighted by molar-refractivity contribution is 0.756. The van der Waals surface area contributed by atoms with Gasteiger partial charge in [0.05, 0.1) is 22.9 Å². The van der Waals surface area contributed by atoms with Crippen molar-refractivity contribution in [2.24, 2.45) is 7.05 Å². The summed E-state index contributed by atoms with van der Waals surface area (Å²) in [4.78, 5) is 4.45. The predicted molar refractivity (Wildman–Crippen MR) is 86.7 cm³/mol. The van der Waals surface area contributed by atoms with E-state index in [0.29, 0.717) is 5.02 Å². The van der Waals surface area contributed by atoms with Crippen molar-refractivity contribution in [3.8, 4) is 0 Å². The summed E-state index contributed by atoms with van der Waals surface area (Å²) in [6, 6.07) is 7.90. The van der Waals surface area contributed by atoms with Crippen molar-refractivity contribution in [2.45, 2.75) is 19.9 Å². The van der Waals surface area contributed by atoms with Crippen LogP contribution < -0.4 is 5.32 Å². The van der Waals surface area contributed by atoms with Crippen molar-refractivity contribution in [3.05, 3.63) is 52.9 Å². The number of rotatable bonds is 3. The van der Waals surface area contributed by atoms with Gasteiger partial charge in [-0.2, -0.15) is 5.10 Å². The molecule has 0 aliphatic carbocycles. The van der Waals surface area contributed by atoms with E-state index in [0.717, 1.165) is 22.3 Å². The summed E-state index contributed by atoms with van der Waals surface area (Å²) < 4.78 is 1.83. The van der Waals surface area contributed by atoms with Gasteiger partial charge in [0.1, 0.15) is 0 Å². The van der Waals surface area contributed by atoms with E-state index >= 15 is 0 Å². The number of halogens is 1. The van der Waals surface area contributed by atoms with Gasteiger partial charge in [-0.05, 0) is 32.0 Å². The third-order valence-electron chi connectivity index (χ3n) is 3.56. The van der Waals surface area contributed by atoms with Crippen LogP contribution >= 0.6 is 11.6 Å². The van der Waals surface area contributed by atoms with E-state index in [2.05, 4.69) is 22.3 Å². The van der Waals surface area contributed by atoms with Crippen LogP contribution in [0.1, 0.15) is 24.2 Å². The van der Waals surface area contributed by atoms with Crippen LogP contribution in [0.2, 0.25) is 5.02 Å². The van der Waals surface area contributed by atoms with E-state index in [1.54, 1.807) is 6.20 Å². The third-order valence-corrected chi connectivity index (χ3v) is 3.78. The highest BCUT2D eigenvalue weighted by Crippen LogP contribution is 2.29. The predicted octanol–water partition coefficient (Wildman–Crippen LogP) is 4.10. The Morgan fingerprint density at radius 1 is 1.33 bits per heavy atom. The molecule has 0 spiro atoms. The van der Waals surface area contributed by atoms with Crippen molar-refractivity contribution in [1.82, 2.24) is 14.8 Å². The van der Waals surface area contributed by atoms with Crippen LogP contribution in [0, 0.1) is 6.92 Å². The molecule has 1 atom stereocenters. The summed E-state index contributed by atoms with van der Waals surface area (Å²) in [5, 5.41) is 9.62. The number of nitrogens with zero attached hydrogens (tertiary/aromatic N) is 3. The third kappa shape index (κ3) is 2.72. The summed E-state index contributed by atoms with van der Waals surface area (Å²) >= 11 is 6.20. The zero-order valence-electron chi connectivity index (χ0n) is 12.3. The van der Waals surface area contributed by atoms with Gasteiger partial charge in [0.2, 0.25) is 0 Å². The Balaban J connectivity index is 1.99. The van der Waals surface area contributed by atoms with Gasteiger partial charge >= 0.3 is 0 Å². The fourth-order valence-electron chi connectivity index (χ4n) is 2.62. The van der Waals surface area contributed by atoms with E-state index in [1.807, 2.05) is 49.1 Å². The molecule has 0 fully saturated rings. The van der Waals surface area contributed by atoms with Gasteiger partial charge in [0, 0.05) is 35.4 Å². The van der Waals surface area contributed by atoms with Gasteiger partial charge in [-0.15, -0.1) is 0 Å². The molecule has 1 aromatic carbocycles. The molecule has 1 N–H and O–H groups in total. The van der Waals surface area contributed by atoms with Gasteiger partial charge in [0.15, 0.2) is 0 Å². The molecule has 4 nitrogen and oxygen atoms in total. The molecule has 0 aliphatic rings. The summed E-state index contributed by atoms with van der Waals surface area (Å²) in [5.41, 5.74) is 4.06. The average molecular weight is 301 g/mol. The maximum Gasteiger partial charge on any atom is 0.0934 e. The van der Waals surface area contributed by atoms with Gasteiger partial charge in [-0.25, -0.2) is 0 Å². The molecule has 2 aromatic heterocycles. The summed E-state index contributed by atoms with van der Waals surface area (Å²) in [6.45, 7) is 4.13. The molecule has 0 aliphatic heterocycles. The zero-order chi connectivity index (χ0) is 15.0. The second-order valence-electron chi connectivity index (χ2n) is 5.24. The van der Waals surface area contributed by atoms with Crippen LogP contribution in [0.15, 0.2) is 36.7 Å². The Hall–Kier alpha value is -2.07. The van der Waals surface area contributed by atoms with E-state index in [-0.39, 0.29) is 6.04 Å². The molecule has 0 amide bonds. The maximum absolute atomic E-state index is 6.20. The minimum atomic E-state index is 0.127. The average Bonchev–Trinajstić information content (AvgIpc) is 2.77. The fraction of sp³-hybridized carbons (Fsp3) is 0.250. The number of hydrogen-bond donors (Lipinski definition) is 1. The number of aromatic nitrogens is 3. The first-order chi connectivity index (χ1) is 10.0. The lowest BCUT2D eigenvalue weighted by Gasteiger charge is -2.16. The number of benzene rings is 1. The van der Waals surface area contributed by atoms with Crippen molar-refractivity contribution >= 4 is 28.2 Å². The van der Waals surface area contributed by atoms with E-state index in [9.17, 15) is 0 Å². The molecular formula is C16H17ClN4. The molecule has 0 radical (unpaired) electrons. The topological polar surface area (TPSA) is 42.7 Å². The van der Waals surface area contributed by atoms with E-state index in [1.165, 1.54) is 5.56 Å². The first kappa shape index (κ1) is 13.9. The van der Waals surface area contributed by atoms with Crippen LogP contribution in [0.4, 0.5) is 5.69 Å². The van der Waals surface area contributed by atoms with Crippen molar-refractivity contribution < 1.29 is 0 Å². The van der Waals surface area contributed by atoms with Crippen LogP contribution in [0.3, 0.4) is 0 Å². The standard InChI is InChI=1S/C16H17ClN4/c1-10(14-9-21(3)20-11(14)2)19-15-8-13(17)7-12-5-4-6-18-16(12)15/h4-10,19H,1-3H3. The zero-order valence-corrected chi connectivity index (χ0v) is 13.0. The summed E-state index contributed by atoms with van der Waals surface area (Å²) in [7, 11) is 1.93. The quantitative estimate of drug-likeness (QED) is 0.792. The molecule has 108 valence electrons. The Morgan fingerprint density at radius 2 is 2.14 bits per heavy atom. The molecule has 3 aromatic rings. The van der Waals surface area contributed by atoms with Crippen molar-refractivity contribution in [1.29, 1.82) is 0 Å². The Morgan fingerprint density at radius 3 is 2.86 bits per heavy atom. The highest BCUT2D eigenvalue weighted by Gasteiger charge is 2.13. The lowest BCUT2D eigenvalue weighted by Crippen LogP contribution is -2.08. The smallest absolute Gasteiger partial charge is 0.0934 e. The highest BCUT2D eigenvalue weighted by molar-refractivity contribution is 6.31. The van der Waals surface area contributed by atoms with Gasteiger partial charge < -0.3 is 5.32 Å². The Labute approximate surface area is 128 Å². The minimum absolute atomic E-state index is 0.127. The second kappa shape index (κ2) is 5.37. The molecule has 21 heavy (non-hydrogen) atoms. The summed E-state index contributed by atoms with van der Waals surface area (Å²) in [5.74, 6) is 0. The molecule has 0 saturated heterocycles. The first-order valence-corrected chi connectivity index (χ1v) is 7.23. The number of anilines is 1. The highest BCUT2D eigenvalue weighted by atomic mass is 35.5. The number of fused-ring (bicyclic) bond motifs is 1. The minimum Gasteiger partial charge on any atom is -0.377 e. The number of hydrogen-bond acceptors (Lipinski definition) is 3. The second-order valence-corrected chi connectivity index (χ2v) is 5.67. The van der Waals surface area contributed by atoms with Crippen LogP contribution in [-0.2, 0) is 7.05 Å². The SMILES string of the molecule is Cc1nn(C)cc1C(C)Nc1cc(Cl)cc2cccnc12. The molecule has 0 saturated carbocycles. The normalized spacial score (nSPS) is 12.6. The van der Waals surface area contributed by atoms with Crippen LogP contribution in [-0.4, -0.2) is 14.8 Å². The molecule has 5 heteroatoms. The van der Waals surface area contributed by atoms with Gasteiger partial charge in [-0.3, -0.25) is 9.67 Å². The number of pyridine rings is 1.